The highest BCUT2D eigenvalue weighted by Gasteiger charge is 2.38. The van der Waals surface area contributed by atoms with Gasteiger partial charge in [0.05, 0.1) is 29.8 Å². The zero-order valence-corrected chi connectivity index (χ0v) is 23.3. The minimum Gasteiger partial charge on any atom is -0.486 e. The zero-order valence-electron chi connectivity index (χ0n) is 21.7. The van der Waals surface area contributed by atoms with Crippen LogP contribution in [0, 0.1) is 5.82 Å². The molecule has 0 aliphatic carbocycles. The van der Waals surface area contributed by atoms with Gasteiger partial charge in [-0.1, -0.05) is 23.7 Å². The lowest BCUT2D eigenvalue weighted by Gasteiger charge is -2.43. The minimum absolute atomic E-state index is 0.0419. The number of methoxy groups -OCH3 is 1. The standard InChI is InChI=1S/C28H25ClF4N2O5S/c1-39-26(36)11-9-20-16-35(41(37,38)21-5-2-4-18(12-21)28(31,32)33)24-13-19(8-10-25(24)40-20)34-14-17(15-34)27-22(29)6-3-7-23(27)30/h2-8,10,12-13,17,20H,9,11,14-16H2,1H3/t20-/m0/s1. The number of fused-ring (bicyclic) bond motifs is 1. The van der Waals surface area contributed by atoms with E-state index in [2.05, 4.69) is 4.74 Å². The summed E-state index contributed by atoms with van der Waals surface area (Å²) in [7, 11) is -3.25. The van der Waals surface area contributed by atoms with E-state index in [-0.39, 0.29) is 36.7 Å². The van der Waals surface area contributed by atoms with Crippen molar-refractivity contribution in [2.45, 2.75) is 35.9 Å². The van der Waals surface area contributed by atoms with Gasteiger partial charge in [0, 0.05) is 41.7 Å². The fourth-order valence-corrected chi connectivity index (χ4v) is 6.85. The van der Waals surface area contributed by atoms with Crippen LogP contribution in [0.2, 0.25) is 5.02 Å². The topological polar surface area (TPSA) is 76.2 Å². The van der Waals surface area contributed by atoms with Crippen molar-refractivity contribution < 1.29 is 40.2 Å². The Hall–Kier alpha value is -3.51. The number of ether oxygens (including phenoxy) is 2. The van der Waals surface area contributed by atoms with Gasteiger partial charge in [0.1, 0.15) is 17.7 Å². The van der Waals surface area contributed by atoms with Crippen molar-refractivity contribution in [1.82, 2.24) is 0 Å². The number of carbonyl (C=O) groups excluding carboxylic acids is 1. The molecule has 1 atom stereocenters. The molecule has 0 bridgehead atoms. The van der Waals surface area contributed by atoms with E-state index >= 15 is 0 Å². The van der Waals surface area contributed by atoms with E-state index in [1.807, 2.05) is 4.90 Å². The molecule has 1 saturated heterocycles. The number of sulfonamides is 1. The maximum atomic E-state index is 14.4. The highest BCUT2D eigenvalue weighted by molar-refractivity contribution is 7.92. The molecule has 0 saturated carbocycles. The Morgan fingerprint density at radius 3 is 2.49 bits per heavy atom. The Labute approximate surface area is 239 Å². The molecule has 0 amide bonds. The fourth-order valence-electron chi connectivity index (χ4n) is 4.99. The van der Waals surface area contributed by atoms with E-state index in [4.69, 9.17) is 16.3 Å². The minimum atomic E-state index is -4.74. The van der Waals surface area contributed by atoms with Gasteiger partial charge in [-0.2, -0.15) is 13.2 Å². The molecule has 2 heterocycles. The average molecular weight is 613 g/mol. The zero-order chi connectivity index (χ0) is 29.5. The number of anilines is 2. The normalized spacial score (nSPS) is 17.5. The molecular formula is C28H25ClF4N2O5S. The van der Waals surface area contributed by atoms with Gasteiger partial charge in [0.25, 0.3) is 10.0 Å². The predicted molar refractivity (Wildman–Crippen MR) is 144 cm³/mol. The molecule has 7 nitrogen and oxygen atoms in total. The molecule has 2 aliphatic rings. The van der Waals surface area contributed by atoms with Crippen molar-refractivity contribution in [3.05, 3.63) is 82.6 Å². The number of esters is 1. The van der Waals surface area contributed by atoms with Crippen LogP contribution in [0.4, 0.5) is 28.9 Å². The first kappa shape index (κ1) is 29.0. The lowest BCUT2D eigenvalue weighted by molar-refractivity contribution is -0.141. The van der Waals surface area contributed by atoms with E-state index in [1.54, 1.807) is 24.3 Å². The van der Waals surface area contributed by atoms with Crippen LogP contribution in [0.3, 0.4) is 0 Å². The maximum absolute atomic E-state index is 14.4. The summed E-state index contributed by atoms with van der Waals surface area (Å²) >= 11 is 6.21. The number of hydrogen-bond donors (Lipinski definition) is 0. The fraction of sp³-hybridized carbons (Fsp3) is 0.321. The van der Waals surface area contributed by atoms with Gasteiger partial charge in [-0.15, -0.1) is 0 Å². The van der Waals surface area contributed by atoms with Gasteiger partial charge >= 0.3 is 12.1 Å². The molecule has 0 aromatic heterocycles. The summed E-state index contributed by atoms with van der Waals surface area (Å²) in [6.07, 6.45) is -5.41. The molecule has 3 aromatic rings. The number of rotatable bonds is 7. The molecule has 2 aliphatic heterocycles. The lowest BCUT2D eigenvalue weighted by Crippen LogP contribution is -2.46. The van der Waals surface area contributed by atoms with Gasteiger partial charge in [-0.25, -0.2) is 12.8 Å². The second-order valence-electron chi connectivity index (χ2n) is 9.81. The predicted octanol–water partition coefficient (Wildman–Crippen LogP) is 6.01. The van der Waals surface area contributed by atoms with Crippen molar-refractivity contribution in [2.75, 3.05) is 35.9 Å². The number of halogens is 5. The quantitative estimate of drug-likeness (QED) is 0.240. The lowest BCUT2D eigenvalue weighted by atomic mass is 9.90. The molecular weight excluding hydrogens is 588 g/mol. The Morgan fingerprint density at radius 2 is 1.80 bits per heavy atom. The highest BCUT2D eigenvalue weighted by atomic mass is 35.5. The van der Waals surface area contributed by atoms with E-state index in [1.165, 1.54) is 19.2 Å². The van der Waals surface area contributed by atoms with E-state index < -0.39 is 44.5 Å². The number of carbonyl (C=O) groups is 1. The summed E-state index contributed by atoms with van der Waals surface area (Å²) in [4.78, 5) is 13.1. The van der Waals surface area contributed by atoms with Gasteiger partial charge in [-0.05, 0) is 55.0 Å². The van der Waals surface area contributed by atoms with Crippen molar-refractivity contribution in [3.63, 3.8) is 0 Å². The summed E-state index contributed by atoms with van der Waals surface area (Å²) in [6, 6.07) is 12.9. The first-order valence-electron chi connectivity index (χ1n) is 12.6. The summed E-state index contributed by atoms with van der Waals surface area (Å²) in [6.45, 7) is 0.602. The molecule has 3 aromatic carbocycles. The first-order chi connectivity index (χ1) is 19.4. The van der Waals surface area contributed by atoms with Crippen molar-refractivity contribution >= 4 is 39.0 Å². The van der Waals surface area contributed by atoms with Gasteiger partial charge < -0.3 is 14.4 Å². The van der Waals surface area contributed by atoms with E-state index in [0.717, 1.165) is 22.5 Å². The van der Waals surface area contributed by atoms with Gasteiger partial charge in [0.15, 0.2) is 0 Å². The Balaban J connectivity index is 1.47. The molecule has 5 rings (SSSR count). The third kappa shape index (κ3) is 5.80. The third-order valence-electron chi connectivity index (χ3n) is 7.18. The van der Waals surface area contributed by atoms with Crippen LogP contribution in [-0.4, -0.2) is 47.2 Å². The Bertz CT molecular complexity index is 1560. The van der Waals surface area contributed by atoms with Gasteiger partial charge in [0.2, 0.25) is 0 Å². The first-order valence-corrected chi connectivity index (χ1v) is 14.5. The summed E-state index contributed by atoms with van der Waals surface area (Å²) in [5.41, 5.74) is 0.0744. The van der Waals surface area contributed by atoms with E-state index in [0.29, 0.717) is 35.4 Å². The number of benzene rings is 3. The number of nitrogens with zero attached hydrogens (tertiary/aromatic N) is 2. The third-order valence-corrected chi connectivity index (χ3v) is 9.28. The summed E-state index contributed by atoms with van der Waals surface area (Å²) in [5, 5.41) is 0.324. The molecule has 13 heteroatoms. The SMILES string of the molecule is COC(=O)CC[C@H]1CN(S(=O)(=O)c2cccc(C(F)(F)F)c2)c2cc(N3CC(c4c(F)cccc4Cl)C3)ccc2O1. The van der Waals surface area contributed by atoms with Crippen LogP contribution in [-0.2, 0) is 25.7 Å². The average Bonchev–Trinajstić information content (AvgIpc) is 2.91. The monoisotopic (exact) mass is 612 g/mol. The molecule has 0 unspecified atom stereocenters. The number of hydrogen-bond acceptors (Lipinski definition) is 6. The molecule has 0 spiro atoms. The van der Waals surface area contributed by atoms with Crippen LogP contribution in [0.15, 0.2) is 65.6 Å². The van der Waals surface area contributed by atoms with Crippen LogP contribution < -0.4 is 13.9 Å². The smallest absolute Gasteiger partial charge is 0.416 e. The molecule has 0 radical (unpaired) electrons. The van der Waals surface area contributed by atoms with Crippen molar-refractivity contribution in [3.8, 4) is 5.75 Å². The van der Waals surface area contributed by atoms with Crippen LogP contribution >= 0.6 is 11.6 Å². The Kier molecular flexibility index (Phi) is 7.82. The van der Waals surface area contributed by atoms with Crippen LogP contribution in [0.1, 0.15) is 29.9 Å². The summed E-state index contributed by atoms with van der Waals surface area (Å²) in [5.74, 6) is -0.898. The van der Waals surface area contributed by atoms with Gasteiger partial charge in [-0.3, -0.25) is 9.10 Å². The Morgan fingerprint density at radius 1 is 1.07 bits per heavy atom. The molecule has 0 N–H and O–H groups in total. The number of alkyl halides is 3. The largest absolute Gasteiger partial charge is 0.486 e. The molecule has 218 valence electrons. The van der Waals surface area contributed by atoms with Crippen molar-refractivity contribution in [1.29, 1.82) is 0 Å². The highest BCUT2D eigenvalue weighted by Crippen LogP contribution is 2.43. The molecule has 1 fully saturated rings. The van der Waals surface area contributed by atoms with Crippen LogP contribution in [0.25, 0.3) is 0 Å². The second kappa shape index (κ2) is 11.1. The van der Waals surface area contributed by atoms with Crippen molar-refractivity contribution in [2.24, 2.45) is 0 Å². The summed E-state index contributed by atoms with van der Waals surface area (Å²) < 4.78 is 93.8. The second-order valence-corrected chi connectivity index (χ2v) is 12.1. The van der Waals surface area contributed by atoms with Crippen LogP contribution in [0.5, 0.6) is 5.75 Å². The van der Waals surface area contributed by atoms with E-state index in [9.17, 15) is 30.8 Å². The maximum Gasteiger partial charge on any atom is 0.416 e. The molecule has 41 heavy (non-hydrogen) atoms.